The van der Waals surface area contributed by atoms with Crippen molar-refractivity contribution >= 4 is 74.2 Å². The SMILES string of the molecule is O=C(CN(c1cccc(Cl)c1Cl)S(=O)(=O)c1ccccc1)N/N=C\c1ccc(-c2ccc(Cl)cc2Cl)o1. The number of anilines is 1. The Morgan fingerprint density at radius 1 is 0.919 bits per heavy atom. The van der Waals surface area contributed by atoms with E-state index in [1.54, 1.807) is 48.5 Å². The van der Waals surface area contributed by atoms with Gasteiger partial charge in [-0.25, -0.2) is 13.8 Å². The minimum Gasteiger partial charge on any atom is -0.455 e. The largest absolute Gasteiger partial charge is 0.455 e. The number of amides is 1. The number of furan rings is 1. The molecule has 1 aromatic heterocycles. The van der Waals surface area contributed by atoms with Gasteiger partial charge in [-0.2, -0.15) is 5.10 Å². The molecular weight excluding hydrogens is 580 g/mol. The summed E-state index contributed by atoms with van der Waals surface area (Å²) < 4.78 is 33.3. The van der Waals surface area contributed by atoms with Gasteiger partial charge >= 0.3 is 0 Å². The van der Waals surface area contributed by atoms with Crippen LogP contribution < -0.4 is 9.73 Å². The summed E-state index contributed by atoms with van der Waals surface area (Å²) in [6.07, 6.45) is 1.27. The van der Waals surface area contributed by atoms with Crippen molar-refractivity contribution < 1.29 is 17.6 Å². The van der Waals surface area contributed by atoms with E-state index in [1.165, 1.54) is 36.5 Å². The van der Waals surface area contributed by atoms with E-state index in [4.69, 9.17) is 50.8 Å². The number of hydrogen-bond donors (Lipinski definition) is 1. The Kier molecular flexibility index (Phi) is 8.46. The Morgan fingerprint density at radius 2 is 1.68 bits per heavy atom. The molecule has 37 heavy (non-hydrogen) atoms. The summed E-state index contributed by atoms with van der Waals surface area (Å²) in [5, 5.41) is 4.91. The van der Waals surface area contributed by atoms with Crippen molar-refractivity contribution in [2.75, 3.05) is 10.8 Å². The van der Waals surface area contributed by atoms with Crippen molar-refractivity contribution in [3.63, 3.8) is 0 Å². The predicted molar refractivity (Wildman–Crippen MR) is 147 cm³/mol. The van der Waals surface area contributed by atoms with Crippen molar-refractivity contribution in [1.82, 2.24) is 5.43 Å². The third kappa shape index (κ3) is 6.29. The number of carbonyl (C=O) groups is 1. The van der Waals surface area contributed by atoms with Crippen molar-refractivity contribution in [1.29, 1.82) is 0 Å². The van der Waals surface area contributed by atoms with Crippen LogP contribution in [0, 0.1) is 0 Å². The average molecular weight is 597 g/mol. The van der Waals surface area contributed by atoms with E-state index in [1.807, 2.05) is 0 Å². The van der Waals surface area contributed by atoms with Crippen LogP contribution in [0.4, 0.5) is 5.69 Å². The molecule has 0 aliphatic carbocycles. The van der Waals surface area contributed by atoms with E-state index < -0.39 is 22.5 Å². The monoisotopic (exact) mass is 595 g/mol. The summed E-state index contributed by atoms with van der Waals surface area (Å²) in [6.45, 7) is -0.613. The van der Waals surface area contributed by atoms with Crippen molar-refractivity contribution in [2.24, 2.45) is 5.10 Å². The Hall–Kier alpha value is -3.01. The van der Waals surface area contributed by atoms with Gasteiger partial charge in [0.05, 0.1) is 31.9 Å². The zero-order valence-corrected chi connectivity index (χ0v) is 22.6. The number of halogens is 4. The first kappa shape index (κ1) is 27.0. The number of hydrazone groups is 1. The van der Waals surface area contributed by atoms with Crippen LogP contribution in [0.2, 0.25) is 20.1 Å². The summed E-state index contributed by atoms with van der Waals surface area (Å²) in [7, 11) is -4.16. The van der Waals surface area contributed by atoms with E-state index in [0.29, 0.717) is 27.1 Å². The van der Waals surface area contributed by atoms with E-state index in [-0.39, 0.29) is 20.6 Å². The van der Waals surface area contributed by atoms with Gasteiger partial charge in [-0.3, -0.25) is 9.10 Å². The second-order valence-electron chi connectivity index (χ2n) is 7.52. The molecule has 0 fully saturated rings. The topological polar surface area (TPSA) is 92.0 Å². The highest BCUT2D eigenvalue weighted by Gasteiger charge is 2.29. The molecule has 0 spiro atoms. The number of rotatable bonds is 8. The molecule has 4 aromatic rings. The Morgan fingerprint density at radius 3 is 2.41 bits per heavy atom. The number of hydrogen-bond acceptors (Lipinski definition) is 5. The molecule has 0 aliphatic heterocycles. The second-order valence-corrected chi connectivity index (χ2v) is 11.0. The first-order valence-corrected chi connectivity index (χ1v) is 13.5. The quantitative estimate of drug-likeness (QED) is 0.177. The molecule has 0 atom stereocenters. The normalized spacial score (nSPS) is 11.6. The van der Waals surface area contributed by atoms with Gasteiger partial charge in [-0.15, -0.1) is 0 Å². The third-order valence-electron chi connectivity index (χ3n) is 5.02. The number of nitrogens with one attached hydrogen (secondary N) is 1. The highest BCUT2D eigenvalue weighted by molar-refractivity contribution is 7.92. The molecule has 0 aliphatic rings. The molecule has 0 unspecified atom stereocenters. The van der Waals surface area contributed by atoms with Crippen LogP contribution in [-0.4, -0.2) is 27.1 Å². The molecule has 12 heteroatoms. The van der Waals surface area contributed by atoms with Gasteiger partial charge in [0.1, 0.15) is 18.1 Å². The van der Waals surface area contributed by atoms with Crippen LogP contribution in [0.1, 0.15) is 5.76 Å². The maximum Gasteiger partial charge on any atom is 0.264 e. The van der Waals surface area contributed by atoms with Gasteiger partial charge in [-0.1, -0.05) is 70.7 Å². The summed E-state index contributed by atoms with van der Waals surface area (Å²) in [5.41, 5.74) is 2.98. The van der Waals surface area contributed by atoms with E-state index in [2.05, 4.69) is 10.5 Å². The third-order valence-corrected chi connectivity index (χ3v) is 8.15. The smallest absolute Gasteiger partial charge is 0.264 e. The first-order valence-electron chi connectivity index (χ1n) is 10.6. The summed E-state index contributed by atoms with van der Waals surface area (Å²) in [5.74, 6) is 0.0810. The zero-order valence-electron chi connectivity index (χ0n) is 18.7. The molecule has 7 nitrogen and oxygen atoms in total. The maximum absolute atomic E-state index is 13.4. The van der Waals surface area contributed by atoms with Crippen molar-refractivity contribution in [3.8, 4) is 11.3 Å². The first-order chi connectivity index (χ1) is 17.7. The Bertz CT molecular complexity index is 1570. The molecule has 3 aromatic carbocycles. The molecule has 1 heterocycles. The highest BCUT2D eigenvalue weighted by atomic mass is 35.5. The summed E-state index contributed by atoms with van der Waals surface area (Å²) in [4.78, 5) is 12.7. The Labute approximate surface area is 233 Å². The number of sulfonamides is 1. The predicted octanol–water partition coefficient (Wildman–Crippen LogP) is 6.91. The fourth-order valence-electron chi connectivity index (χ4n) is 3.29. The lowest BCUT2D eigenvalue weighted by molar-refractivity contribution is -0.119. The van der Waals surface area contributed by atoms with Crippen LogP contribution >= 0.6 is 46.4 Å². The van der Waals surface area contributed by atoms with Crippen LogP contribution in [0.15, 0.2) is 93.3 Å². The molecular formula is C25H17Cl4N3O4S. The van der Waals surface area contributed by atoms with Crippen molar-refractivity contribution in [3.05, 3.63) is 105 Å². The van der Waals surface area contributed by atoms with Gasteiger partial charge < -0.3 is 4.42 Å². The van der Waals surface area contributed by atoms with Gasteiger partial charge in [0.2, 0.25) is 0 Å². The maximum atomic E-state index is 13.4. The van der Waals surface area contributed by atoms with Crippen LogP contribution in [0.25, 0.3) is 11.3 Å². The van der Waals surface area contributed by atoms with Gasteiger partial charge in [0.25, 0.3) is 15.9 Å². The van der Waals surface area contributed by atoms with Gasteiger partial charge in [0, 0.05) is 10.6 Å². The fourth-order valence-corrected chi connectivity index (χ4v) is 5.70. The summed E-state index contributed by atoms with van der Waals surface area (Å²) >= 11 is 24.5. The molecule has 0 saturated heterocycles. The van der Waals surface area contributed by atoms with Crippen molar-refractivity contribution in [2.45, 2.75) is 4.90 Å². The van der Waals surface area contributed by atoms with E-state index in [0.717, 1.165) is 4.31 Å². The second kappa shape index (κ2) is 11.6. The average Bonchev–Trinajstić information content (AvgIpc) is 3.33. The zero-order chi connectivity index (χ0) is 26.6. The molecule has 190 valence electrons. The molecule has 1 N–H and O–H groups in total. The molecule has 0 radical (unpaired) electrons. The highest BCUT2D eigenvalue weighted by Crippen LogP contribution is 2.35. The van der Waals surface area contributed by atoms with Crippen LogP contribution in [0.3, 0.4) is 0 Å². The summed E-state index contributed by atoms with van der Waals surface area (Å²) in [6, 6.07) is 20.5. The number of benzene rings is 3. The minimum atomic E-state index is -4.16. The molecule has 0 bridgehead atoms. The van der Waals surface area contributed by atoms with E-state index >= 15 is 0 Å². The lowest BCUT2D eigenvalue weighted by atomic mass is 10.2. The lowest BCUT2D eigenvalue weighted by Gasteiger charge is -2.24. The number of nitrogens with zero attached hydrogens (tertiary/aromatic N) is 2. The molecule has 1 amide bonds. The lowest BCUT2D eigenvalue weighted by Crippen LogP contribution is -2.39. The molecule has 0 saturated carbocycles. The van der Waals surface area contributed by atoms with Gasteiger partial charge in [0.15, 0.2) is 0 Å². The minimum absolute atomic E-state index is 0.0102. The fraction of sp³-hybridized carbons (Fsp3) is 0.0400. The number of carbonyl (C=O) groups excluding carboxylic acids is 1. The molecule has 4 rings (SSSR count). The van der Waals surface area contributed by atoms with Gasteiger partial charge in [-0.05, 0) is 54.6 Å². The van der Waals surface area contributed by atoms with E-state index in [9.17, 15) is 13.2 Å². The standard InChI is InChI=1S/C25H17Cl4N3O4S/c26-16-9-11-19(21(28)13-16)23-12-10-17(36-23)14-30-31-24(33)15-32(22-8-4-7-20(27)25(22)29)37(34,35)18-5-2-1-3-6-18/h1-14H,15H2,(H,31,33)/b30-14-. The Balaban J connectivity index is 1.53. The van der Waals surface area contributed by atoms with Crippen LogP contribution in [0.5, 0.6) is 0 Å². The van der Waals surface area contributed by atoms with Crippen LogP contribution in [-0.2, 0) is 14.8 Å².